The van der Waals surface area contributed by atoms with Gasteiger partial charge in [-0.2, -0.15) is 13.2 Å². The molecule has 0 aliphatic rings. The van der Waals surface area contributed by atoms with Crippen LogP contribution in [0.2, 0.25) is 0 Å². The van der Waals surface area contributed by atoms with Crippen LogP contribution in [0.3, 0.4) is 0 Å². The normalized spacial score (nSPS) is 11.8. The third-order valence-electron chi connectivity index (χ3n) is 2.40. The summed E-state index contributed by atoms with van der Waals surface area (Å²) in [4.78, 5) is 1.01. The molecule has 0 saturated heterocycles. The number of benzene rings is 1. The second-order valence-electron chi connectivity index (χ2n) is 3.58. The molecule has 0 spiro atoms. The first-order chi connectivity index (χ1) is 8.00. The first kappa shape index (κ1) is 12.1. The fourth-order valence-corrected chi connectivity index (χ4v) is 2.26. The largest absolute Gasteiger partial charge is 0.416 e. The number of thiophene rings is 1. The van der Waals surface area contributed by atoms with E-state index in [-0.39, 0.29) is 0 Å². The number of alkyl halides is 3. The molecule has 90 valence electrons. The number of nitrogens with two attached hydrogens (primary N) is 1. The van der Waals surface area contributed by atoms with E-state index in [0.717, 1.165) is 28.1 Å². The van der Waals surface area contributed by atoms with Crippen molar-refractivity contribution in [3.05, 3.63) is 46.2 Å². The summed E-state index contributed by atoms with van der Waals surface area (Å²) in [7, 11) is 0. The number of hydrogen-bond donors (Lipinski definition) is 1. The van der Waals surface area contributed by atoms with Crippen LogP contribution in [0.1, 0.15) is 10.4 Å². The van der Waals surface area contributed by atoms with E-state index in [1.165, 1.54) is 23.5 Å². The van der Waals surface area contributed by atoms with Gasteiger partial charge in [0.05, 0.1) is 5.56 Å². The van der Waals surface area contributed by atoms with Crippen molar-refractivity contribution in [2.75, 3.05) is 0 Å². The number of rotatable bonds is 2. The molecule has 0 aliphatic heterocycles. The van der Waals surface area contributed by atoms with Crippen LogP contribution in [0.15, 0.2) is 35.7 Å². The predicted octanol–water partition coefficient (Wildman–Crippen LogP) is 3.89. The highest BCUT2D eigenvalue weighted by atomic mass is 32.1. The van der Waals surface area contributed by atoms with Gasteiger partial charge in [-0.05, 0) is 34.7 Å². The minimum Gasteiger partial charge on any atom is -0.326 e. The molecule has 5 heteroatoms. The summed E-state index contributed by atoms with van der Waals surface area (Å²) in [6.45, 7) is 0.450. The Morgan fingerprint density at radius 3 is 2.18 bits per heavy atom. The molecular formula is C12H10F3NS. The Kier molecular flexibility index (Phi) is 3.22. The average molecular weight is 257 g/mol. The molecule has 0 amide bonds. The van der Waals surface area contributed by atoms with Crippen LogP contribution in [-0.4, -0.2) is 0 Å². The van der Waals surface area contributed by atoms with Crippen LogP contribution in [0, 0.1) is 0 Å². The summed E-state index contributed by atoms with van der Waals surface area (Å²) >= 11 is 1.51. The average Bonchev–Trinajstić information content (AvgIpc) is 2.76. The fraction of sp³-hybridized carbons (Fsp3) is 0.167. The first-order valence-electron chi connectivity index (χ1n) is 4.96. The maximum atomic E-state index is 12.4. The van der Waals surface area contributed by atoms with Gasteiger partial charge in [0.25, 0.3) is 0 Å². The Hall–Kier alpha value is -1.33. The fourth-order valence-electron chi connectivity index (χ4n) is 1.49. The molecule has 1 heterocycles. The van der Waals surface area contributed by atoms with Crippen LogP contribution in [0.4, 0.5) is 13.2 Å². The zero-order chi connectivity index (χ0) is 12.5. The van der Waals surface area contributed by atoms with E-state index < -0.39 is 11.7 Å². The molecule has 0 atom stereocenters. The Bertz CT molecular complexity index is 499. The second kappa shape index (κ2) is 4.50. The maximum absolute atomic E-state index is 12.4. The van der Waals surface area contributed by atoms with Crippen molar-refractivity contribution in [2.24, 2.45) is 5.73 Å². The van der Waals surface area contributed by atoms with Crippen molar-refractivity contribution in [3.8, 4) is 11.1 Å². The summed E-state index contributed by atoms with van der Waals surface area (Å²) in [5.41, 5.74) is 6.53. The van der Waals surface area contributed by atoms with Crippen LogP contribution < -0.4 is 5.73 Å². The Balaban J connectivity index is 2.29. The van der Waals surface area contributed by atoms with Gasteiger partial charge in [0.15, 0.2) is 0 Å². The minimum absolute atomic E-state index is 0.450. The summed E-state index contributed by atoms with van der Waals surface area (Å²) in [6, 6.07) is 7.04. The molecule has 0 bridgehead atoms. The first-order valence-corrected chi connectivity index (χ1v) is 5.84. The highest BCUT2D eigenvalue weighted by Crippen LogP contribution is 2.32. The standard InChI is InChI=1S/C12H10F3NS/c13-12(14,15)10-3-1-8(2-4-10)9-5-11(6-16)17-7-9/h1-5,7H,6,16H2. The van der Waals surface area contributed by atoms with Gasteiger partial charge in [0.1, 0.15) is 0 Å². The maximum Gasteiger partial charge on any atom is 0.416 e. The lowest BCUT2D eigenvalue weighted by molar-refractivity contribution is -0.137. The van der Waals surface area contributed by atoms with Crippen LogP contribution in [0.25, 0.3) is 11.1 Å². The van der Waals surface area contributed by atoms with Gasteiger partial charge in [-0.3, -0.25) is 0 Å². The van der Waals surface area contributed by atoms with Gasteiger partial charge >= 0.3 is 6.18 Å². The number of hydrogen-bond acceptors (Lipinski definition) is 2. The monoisotopic (exact) mass is 257 g/mol. The lowest BCUT2D eigenvalue weighted by Gasteiger charge is -2.06. The summed E-state index contributed by atoms with van der Waals surface area (Å²) in [6.07, 6.45) is -4.28. The summed E-state index contributed by atoms with van der Waals surface area (Å²) in [5.74, 6) is 0. The zero-order valence-electron chi connectivity index (χ0n) is 8.79. The molecule has 2 aromatic rings. The smallest absolute Gasteiger partial charge is 0.326 e. The molecule has 0 unspecified atom stereocenters. The summed E-state index contributed by atoms with van der Waals surface area (Å²) < 4.78 is 37.1. The quantitative estimate of drug-likeness (QED) is 0.867. The van der Waals surface area contributed by atoms with Gasteiger partial charge in [0.2, 0.25) is 0 Å². The molecule has 1 nitrogen and oxygen atoms in total. The molecule has 2 N–H and O–H groups in total. The molecule has 1 aromatic heterocycles. The van der Waals surface area contributed by atoms with Crippen molar-refractivity contribution in [2.45, 2.75) is 12.7 Å². The summed E-state index contributed by atoms with van der Waals surface area (Å²) in [5, 5.41) is 1.89. The van der Waals surface area contributed by atoms with E-state index in [4.69, 9.17) is 5.73 Å². The third-order valence-corrected chi connectivity index (χ3v) is 3.36. The van der Waals surface area contributed by atoms with E-state index in [1.807, 2.05) is 11.4 Å². The van der Waals surface area contributed by atoms with E-state index in [1.54, 1.807) is 0 Å². The second-order valence-corrected chi connectivity index (χ2v) is 4.58. The third kappa shape index (κ3) is 2.68. The van der Waals surface area contributed by atoms with Crippen molar-refractivity contribution in [3.63, 3.8) is 0 Å². The molecule has 0 saturated carbocycles. The highest BCUT2D eigenvalue weighted by Gasteiger charge is 2.29. The van der Waals surface area contributed by atoms with E-state index >= 15 is 0 Å². The van der Waals surface area contributed by atoms with Crippen LogP contribution in [0.5, 0.6) is 0 Å². The van der Waals surface area contributed by atoms with Gasteiger partial charge in [-0.1, -0.05) is 12.1 Å². The lowest BCUT2D eigenvalue weighted by atomic mass is 10.1. The molecular weight excluding hydrogens is 247 g/mol. The number of halogens is 3. The van der Waals surface area contributed by atoms with Crippen molar-refractivity contribution < 1.29 is 13.2 Å². The van der Waals surface area contributed by atoms with Crippen molar-refractivity contribution in [1.29, 1.82) is 0 Å². The molecule has 0 radical (unpaired) electrons. The SMILES string of the molecule is NCc1cc(-c2ccc(C(F)(F)F)cc2)cs1. The minimum atomic E-state index is -4.28. The van der Waals surface area contributed by atoms with Gasteiger partial charge in [-0.15, -0.1) is 11.3 Å². The van der Waals surface area contributed by atoms with Crippen molar-refractivity contribution in [1.82, 2.24) is 0 Å². The predicted molar refractivity (Wildman–Crippen MR) is 62.6 cm³/mol. The van der Waals surface area contributed by atoms with E-state index in [2.05, 4.69) is 0 Å². The van der Waals surface area contributed by atoms with E-state index in [9.17, 15) is 13.2 Å². The lowest BCUT2D eigenvalue weighted by Crippen LogP contribution is -2.03. The van der Waals surface area contributed by atoms with Crippen LogP contribution in [-0.2, 0) is 12.7 Å². The van der Waals surface area contributed by atoms with Gasteiger partial charge in [0, 0.05) is 11.4 Å². The van der Waals surface area contributed by atoms with Gasteiger partial charge in [-0.25, -0.2) is 0 Å². The van der Waals surface area contributed by atoms with Crippen molar-refractivity contribution >= 4 is 11.3 Å². The Labute approximate surface area is 101 Å². The molecule has 0 fully saturated rings. The molecule has 2 rings (SSSR count). The van der Waals surface area contributed by atoms with Gasteiger partial charge < -0.3 is 5.73 Å². The molecule has 17 heavy (non-hydrogen) atoms. The zero-order valence-corrected chi connectivity index (χ0v) is 9.61. The molecule has 0 aliphatic carbocycles. The highest BCUT2D eigenvalue weighted by molar-refractivity contribution is 7.10. The van der Waals surface area contributed by atoms with Crippen LogP contribution >= 0.6 is 11.3 Å². The topological polar surface area (TPSA) is 26.0 Å². The Morgan fingerprint density at radius 2 is 1.71 bits per heavy atom. The Morgan fingerprint density at radius 1 is 1.06 bits per heavy atom. The van der Waals surface area contributed by atoms with E-state index in [0.29, 0.717) is 6.54 Å². The molecule has 1 aromatic carbocycles.